The van der Waals surface area contributed by atoms with Gasteiger partial charge in [0.05, 0.1) is 0 Å². The summed E-state index contributed by atoms with van der Waals surface area (Å²) in [5.74, 6) is 0. The minimum absolute atomic E-state index is 0. The standard InChI is InChI=1S/C13H18.Y/c1-10(2)13(3)8-7-11-5-4-6-12(11)9-13;/h1-9H2;/q-2;. The summed E-state index contributed by atoms with van der Waals surface area (Å²) >= 11 is 0. The molecule has 0 N–H and O–H groups in total. The van der Waals surface area contributed by atoms with Crippen LogP contribution in [-0.4, -0.2) is 0 Å². The first-order valence-electron chi connectivity index (χ1n) is 5.18. The van der Waals surface area contributed by atoms with Crippen LogP contribution in [0.5, 0.6) is 0 Å². The molecule has 75 valence electrons. The van der Waals surface area contributed by atoms with Gasteiger partial charge in [-0.05, 0) is 25.7 Å². The Kier molecular flexibility index (Phi) is 4.06. The summed E-state index contributed by atoms with van der Waals surface area (Å²) in [5, 5.41) is 0. The molecule has 14 heavy (non-hydrogen) atoms. The van der Waals surface area contributed by atoms with Crippen LogP contribution in [0.25, 0.3) is 0 Å². The third kappa shape index (κ3) is 2.17. The van der Waals surface area contributed by atoms with Crippen LogP contribution < -0.4 is 0 Å². The summed E-state index contributed by atoms with van der Waals surface area (Å²) in [6, 6.07) is 0. The first-order valence-corrected chi connectivity index (χ1v) is 5.18. The van der Waals surface area contributed by atoms with Gasteiger partial charge in [-0.1, -0.05) is 24.0 Å². The molecule has 0 saturated carbocycles. The Morgan fingerprint density at radius 3 is 2.50 bits per heavy atom. The van der Waals surface area contributed by atoms with E-state index in [2.05, 4.69) is 20.4 Å². The van der Waals surface area contributed by atoms with Crippen molar-refractivity contribution in [2.75, 3.05) is 0 Å². The molecule has 0 fully saturated rings. The van der Waals surface area contributed by atoms with E-state index in [4.69, 9.17) is 0 Å². The molecule has 1 atom stereocenters. The molecular formula is C13H18Y-2. The summed E-state index contributed by atoms with van der Waals surface area (Å²) in [7, 11) is 0. The van der Waals surface area contributed by atoms with Gasteiger partial charge in [-0.3, -0.25) is 0 Å². The zero-order valence-electron chi connectivity index (χ0n) is 8.94. The van der Waals surface area contributed by atoms with E-state index in [9.17, 15) is 0 Å². The van der Waals surface area contributed by atoms with Crippen molar-refractivity contribution < 1.29 is 32.7 Å². The van der Waals surface area contributed by atoms with E-state index in [0.29, 0.717) is 0 Å². The maximum Gasteiger partial charge on any atom is 0 e. The van der Waals surface area contributed by atoms with Crippen molar-refractivity contribution in [1.29, 1.82) is 0 Å². The minimum Gasteiger partial charge on any atom is -0.336 e. The SMILES string of the molecule is C=C([CH2-])C1([CH2-])CCC2=C(CCC2)C1.[Y]. The Morgan fingerprint density at radius 1 is 1.21 bits per heavy atom. The summed E-state index contributed by atoms with van der Waals surface area (Å²) in [6.07, 6.45) is 7.55. The fourth-order valence-corrected chi connectivity index (χ4v) is 2.57. The van der Waals surface area contributed by atoms with Gasteiger partial charge in [-0.15, -0.1) is 0 Å². The molecule has 0 heterocycles. The number of allylic oxidation sites excluding steroid dienone is 3. The number of hydrogen-bond donors (Lipinski definition) is 0. The Morgan fingerprint density at radius 2 is 1.86 bits per heavy atom. The summed E-state index contributed by atoms with van der Waals surface area (Å²) in [5.41, 5.74) is 4.47. The van der Waals surface area contributed by atoms with Gasteiger partial charge in [-0.2, -0.15) is 5.41 Å². The molecule has 1 radical (unpaired) electrons. The predicted molar refractivity (Wildman–Crippen MR) is 57.0 cm³/mol. The third-order valence-corrected chi connectivity index (χ3v) is 3.66. The van der Waals surface area contributed by atoms with Crippen molar-refractivity contribution >= 4 is 0 Å². The van der Waals surface area contributed by atoms with Crippen molar-refractivity contribution in [2.45, 2.75) is 38.5 Å². The molecule has 1 heteroatoms. The molecule has 2 aliphatic carbocycles. The molecule has 1 unspecified atom stereocenters. The molecule has 0 amide bonds. The maximum atomic E-state index is 4.29. The minimum atomic E-state index is 0. The quantitative estimate of drug-likeness (QED) is 0.498. The van der Waals surface area contributed by atoms with E-state index < -0.39 is 0 Å². The van der Waals surface area contributed by atoms with Gasteiger partial charge in [0.1, 0.15) is 0 Å². The van der Waals surface area contributed by atoms with E-state index >= 15 is 0 Å². The zero-order valence-corrected chi connectivity index (χ0v) is 11.8. The average molecular weight is 263 g/mol. The van der Waals surface area contributed by atoms with E-state index in [1.807, 2.05) is 0 Å². The molecule has 2 aliphatic rings. The van der Waals surface area contributed by atoms with Crippen LogP contribution in [-0.2, 0) is 32.7 Å². The van der Waals surface area contributed by atoms with Crippen molar-refractivity contribution in [3.63, 3.8) is 0 Å². The van der Waals surface area contributed by atoms with E-state index in [1.165, 1.54) is 25.7 Å². The molecule has 0 saturated heterocycles. The first kappa shape index (κ1) is 12.5. The van der Waals surface area contributed by atoms with Crippen LogP contribution in [0.3, 0.4) is 0 Å². The molecule has 2 rings (SSSR count). The van der Waals surface area contributed by atoms with Gasteiger partial charge in [0.2, 0.25) is 0 Å². The van der Waals surface area contributed by atoms with E-state index in [1.54, 1.807) is 11.1 Å². The van der Waals surface area contributed by atoms with Gasteiger partial charge in [0.25, 0.3) is 0 Å². The Bertz CT molecular complexity index is 275. The van der Waals surface area contributed by atoms with Crippen molar-refractivity contribution in [1.82, 2.24) is 0 Å². The van der Waals surface area contributed by atoms with Gasteiger partial charge in [-0.25, -0.2) is 19.1 Å². The molecular weight excluding hydrogens is 245 g/mol. The largest absolute Gasteiger partial charge is 0.336 e. The molecule has 0 bridgehead atoms. The van der Waals surface area contributed by atoms with Crippen LogP contribution in [0, 0.1) is 19.3 Å². The first-order chi connectivity index (χ1) is 6.12. The van der Waals surface area contributed by atoms with Crippen LogP contribution in [0.15, 0.2) is 23.3 Å². The summed E-state index contributed by atoms with van der Waals surface area (Å²) in [6.45, 7) is 12.2. The molecule has 0 aliphatic heterocycles. The third-order valence-electron chi connectivity index (χ3n) is 3.66. The second-order valence-electron chi connectivity index (χ2n) is 4.62. The van der Waals surface area contributed by atoms with Gasteiger partial charge < -0.3 is 6.92 Å². The van der Waals surface area contributed by atoms with E-state index in [-0.39, 0.29) is 38.1 Å². The Hall–Kier alpha value is 0.454. The molecule has 0 nitrogen and oxygen atoms in total. The van der Waals surface area contributed by atoms with Crippen LogP contribution >= 0.6 is 0 Å². The fraction of sp³-hybridized carbons (Fsp3) is 0.538. The summed E-state index contributed by atoms with van der Waals surface area (Å²) < 4.78 is 0. The molecule has 0 aromatic carbocycles. The number of rotatable bonds is 1. The van der Waals surface area contributed by atoms with Crippen molar-refractivity contribution in [3.05, 3.63) is 37.1 Å². The van der Waals surface area contributed by atoms with Gasteiger partial charge >= 0.3 is 0 Å². The second-order valence-corrected chi connectivity index (χ2v) is 4.62. The number of hydrogen-bond acceptors (Lipinski definition) is 0. The average Bonchev–Trinajstić information content (AvgIpc) is 2.50. The Balaban J connectivity index is 0.000000980. The van der Waals surface area contributed by atoms with E-state index in [0.717, 1.165) is 18.4 Å². The smallest absolute Gasteiger partial charge is 0 e. The van der Waals surface area contributed by atoms with Crippen molar-refractivity contribution in [2.24, 2.45) is 5.41 Å². The van der Waals surface area contributed by atoms with Gasteiger partial charge in [0.15, 0.2) is 0 Å². The molecule has 0 aromatic heterocycles. The Labute approximate surface area is 113 Å². The normalized spacial score (nSPS) is 30.9. The van der Waals surface area contributed by atoms with Crippen LogP contribution in [0.2, 0.25) is 0 Å². The molecule has 0 spiro atoms. The van der Waals surface area contributed by atoms with Crippen LogP contribution in [0.4, 0.5) is 0 Å². The summed E-state index contributed by atoms with van der Waals surface area (Å²) in [4.78, 5) is 0. The fourth-order valence-electron chi connectivity index (χ4n) is 2.57. The second kappa shape index (κ2) is 4.53. The topological polar surface area (TPSA) is 0 Å². The maximum absolute atomic E-state index is 4.29. The van der Waals surface area contributed by atoms with Gasteiger partial charge in [0, 0.05) is 32.7 Å². The molecule has 0 aromatic rings. The monoisotopic (exact) mass is 263 g/mol. The zero-order chi connectivity index (χ0) is 9.47. The van der Waals surface area contributed by atoms with Crippen molar-refractivity contribution in [3.8, 4) is 0 Å². The predicted octanol–water partition coefficient (Wildman–Crippen LogP) is 3.86. The van der Waals surface area contributed by atoms with Crippen LogP contribution in [0.1, 0.15) is 38.5 Å².